The molecule has 0 aliphatic carbocycles. The lowest BCUT2D eigenvalue weighted by Crippen LogP contribution is -2.25. The number of aromatic nitrogens is 1. The lowest BCUT2D eigenvalue weighted by molar-refractivity contribution is 0.266. The molecule has 0 bridgehead atoms. The molecule has 2 aromatic rings. The summed E-state index contributed by atoms with van der Waals surface area (Å²) in [5.41, 5.74) is 3.05. The summed E-state index contributed by atoms with van der Waals surface area (Å²) < 4.78 is 5.27. The normalized spacial score (nSPS) is 11.8. The first-order valence-corrected chi connectivity index (χ1v) is 5.19. The minimum atomic E-state index is 0.551. The number of rotatable bonds is 3. The third-order valence-corrected chi connectivity index (χ3v) is 2.71. The summed E-state index contributed by atoms with van der Waals surface area (Å²) in [5.74, 6) is 0. The van der Waals surface area contributed by atoms with Gasteiger partial charge in [0.25, 0.3) is 0 Å². The highest BCUT2D eigenvalue weighted by Gasteiger charge is 2.05. The minimum Gasteiger partial charge on any atom is -0.443 e. The van der Waals surface area contributed by atoms with Crippen LogP contribution in [0.1, 0.15) is 19.4 Å². The second-order valence-electron chi connectivity index (χ2n) is 4.16. The Hall–Kier alpha value is -1.35. The van der Waals surface area contributed by atoms with E-state index in [1.54, 1.807) is 0 Å². The van der Waals surface area contributed by atoms with E-state index >= 15 is 0 Å². The van der Waals surface area contributed by atoms with Crippen LogP contribution in [0.15, 0.2) is 29.0 Å². The monoisotopic (exact) mass is 204 g/mol. The van der Waals surface area contributed by atoms with Crippen molar-refractivity contribution in [1.82, 2.24) is 9.88 Å². The van der Waals surface area contributed by atoms with Gasteiger partial charge in [-0.05, 0) is 38.6 Å². The Labute approximate surface area is 89.7 Å². The average Bonchev–Trinajstić information content (AvgIpc) is 2.64. The SMILES string of the molecule is CC(C)N(C)Cc1ccc2ncoc2c1. The number of hydrogen-bond acceptors (Lipinski definition) is 3. The highest BCUT2D eigenvalue weighted by Crippen LogP contribution is 2.15. The summed E-state index contributed by atoms with van der Waals surface area (Å²) in [6, 6.07) is 6.71. The van der Waals surface area contributed by atoms with Crippen LogP contribution in [0.4, 0.5) is 0 Å². The van der Waals surface area contributed by atoms with Gasteiger partial charge in [0.15, 0.2) is 12.0 Å². The molecule has 1 aromatic carbocycles. The van der Waals surface area contributed by atoms with E-state index in [0.717, 1.165) is 17.6 Å². The van der Waals surface area contributed by atoms with Crippen molar-refractivity contribution in [1.29, 1.82) is 0 Å². The van der Waals surface area contributed by atoms with E-state index in [-0.39, 0.29) is 0 Å². The van der Waals surface area contributed by atoms with Gasteiger partial charge in [0.2, 0.25) is 0 Å². The topological polar surface area (TPSA) is 29.3 Å². The van der Waals surface area contributed by atoms with Crippen molar-refractivity contribution in [2.45, 2.75) is 26.4 Å². The van der Waals surface area contributed by atoms with Crippen molar-refractivity contribution in [3.63, 3.8) is 0 Å². The van der Waals surface area contributed by atoms with Crippen molar-refractivity contribution in [3.8, 4) is 0 Å². The largest absolute Gasteiger partial charge is 0.443 e. The fourth-order valence-electron chi connectivity index (χ4n) is 1.47. The standard InChI is InChI=1S/C12H16N2O/c1-9(2)14(3)7-10-4-5-11-12(6-10)15-8-13-11/h4-6,8-9H,7H2,1-3H3. The Balaban J connectivity index is 2.21. The zero-order valence-corrected chi connectivity index (χ0v) is 9.40. The van der Waals surface area contributed by atoms with Crippen molar-refractivity contribution in [3.05, 3.63) is 30.2 Å². The quantitative estimate of drug-likeness (QED) is 0.769. The van der Waals surface area contributed by atoms with Crippen LogP contribution in [0.2, 0.25) is 0 Å². The molecule has 15 heavy (non-hydrogen) atoms. The summed E-state index contributed by atoms with van der Waals surface area (Å²) in [6.45, 7) is 5.31. The Kier molecular flexibility index (Phi) is 2.73. The lowest BCUT2D eigenvalue weighted by Gasteiger charge is -2.20. The number of oxazole rings is 1. The predicted molar refractivity (Wildman–Crippen MR) is 60.6 cm³/mol. The zero-order chi connectivity index (χ0) is 10.8. The molecule has 80 valence electrons. The number of benzene rings is 1. The van der Waals surface area contributed by atoms with Crippen molar-refractivity contribution < 1.29 is 4.42 Å². The van der Waals surface area contributed by atoms with Crippen LogP contribution < -0.4 is 0 Å². The zero-order valence-electron chi connectivity index (χ0n) is 9.40. The predicted octanol–water partition coefficient (Wildman–Crippen LogP) is 2.67. The Bertz CT molecular complexity index is 448. The van der Waals surface area contributed by atoms with Gasteiger partial charge < -0.3 is 4.42 Å². The fourth-order valence-corrected chi connectivity index (χ4v) is 1.47. The maximum Gasteiger partial charge on any atom is 0.181 e. The fraction of sp³-hybridized carbons (Fsp3) is 0.417. The van der Waals surface area contributed by atoms with E-state index in [1.165, 1.54) is 12.0 Å². The first-order chi connectivity index (χ1) is 7.16. The van der Waals surface area contributed by atoms with Crippen LogP contribution >= 0.6 is 0 Å². The van der Waals surface area contributed by atoms with Gasteiger partial charge in [0.05, 0.1) is 0 Å². The summed E-state index contributed by atoms with van der Waals surface area (Å²) >= 11 is 0. The van der Waals surface area contributed by atoms with Gasteiger partial charge in [-0.1, -0.05) is 6.07 Å². The first-order valence-electron chi connectivity index (χ1n) is 5.19. The molecule has 0 saturated heterocycles. The molecule has 1 heterocycles. The van der Waals surface area contributed by atoms with E-state index in [2.05, 4.69) is 42.9 Å². The van der Waals surface area contributed by atoms with Crippen LogP contribution in [0.25, 0.3) is 11.1 Å². The van der Waals surface area contributed by atoms with E-state index in [0.29, 0.717) is 6.04 Å². The maximum absolute atomic E-state index is 5.27. The van der Waals surface area contributed by atoms with E-state index in [9.17, 15) is 0 Å². The molecule has 0 saturated carbocycles. The van der Waals surface area contributed by atoms with Crippen LogP contribution in [0, 0.1) is 0 Å². The number of hydrogen-bond donors (Lipinski definition) is 0. The summed E-state index contributed by atoms with van der Waals surface area (Å²) in [5, 5.41) is 0. The number of fused-ring (bicyclic) bond motifs is 1. The van der Waals surface area contributed by atoms with E-state index in [4.69, 9.17) is 4.42 Å². The lowest BCUT2D eigenvalue weighted by atomic mass is 10.2. The molecule has 0 N–H and O–H groups in total. The Morgan fingerprint density at radius 2 is 2.20 bits per heavy atom. The molecule has 0 spiro atoms. The summed E-state index contributed by atoms with van der Waals surface area (Å²) in [6.07, 6.45) is 1.49. The average molecular weight is 204 g/mol. The summed E-state index contributed by atoms with van der Waals surface area (Å²) in [7, 11) is 2.12. The third kappa shape index (κ3) is 2.18. The molecule has 0 fully saturated rings. The molecular weight excluding hydrogens is 188 g/mol. The molecule has 0 radical (unpaired) electrons. The third-order valence-electron chi connectivity index (χ3n) is 2.71. The molecular formula is C12H16N2O. The second-order valence-corrected chi connectivity index (χ2v) is 4.16. The smallest absolute Gasteiger partial charge is 0.181 e. The van der Waals surface area contributed by atoms with E-state index < -0.39 is 0 Å². The van der Waals surface area contributed by atoms with Crippen LogP contribution in [0.3, 0.4) is 0 Å². The minimum absolute atomic E-state index is 0.551. The van der Waals surface area contributed by atoms with Crippen molar-refractivity contribution in [2.75, 3.05) is 7.05 Å². The van der Waals surface area contributed by atoms with Crippen LogP contribution in [-0.4, -0.2) is 23.0 Å². The number of nitrogens with zero attached hydrogens (tertiary/aromatic N) is 2. The van der Waals surface area contributed by atoms with Crippen molar-refractivity contribution >= 4 is 11.1 Å². The van der Waals surface area contributed by atoms with Gasteiger partial charge in [-0.3, -0.25) is 4.90 Å². The van der Waals surface area contributed by atoms with Gasteiger partial charge >= 0.3 is 0 Å². The van der Waals surface area contributed by atoms with Gasteiger partial charge in [-0.15, -0.1) is 0 Å². The molecule has 0 aliphatic heterocycles. The summed E-state index contributed by atoms with van der Waals surface area (Å²) in [4.78, 5) is 6.38. The molecule has 0 unspecified atom stereocenters. The molecule has 3 nitrogen and oxygen atoms in total. The first kappa shape index (κ1) is 10.2. The van der Waals surface area contributed by atoms with Gasteiger partial charge in [0.1, 0.15) is 5.52 Å². The molecule has 0 atom stereocenters. The molecule has 0 aliphatic rings. The van der Waals surface area contributed by atoms with Gasteiger partial charge in [0, 0.05) is 12.6 Å². The van der Waals surface area contributed by atoms with Crippen LogP contribution in [-0.2, 0) is 6.54 Å². The molecule has 3 heteroatoms. The Morgan fingerprint density at radius 3 is 2.93 bits per heavy atom. The van der Waals surface area contributed by atoms with Gasteiger partial charge in [-0.2, -0.15) is 0 Å². The second kappa shape index (κ2) is 4.03. The highest BCUT2D eigenvalue weighted by molar-refractivity contribution is 5.72. The molecule has 2 rings (SSSR count). The van der Waals surface area contributed by atoms with Crippen LogP contribution in [0.5, 0.6) is 0 Å². The highest BCUT2D eigenvalue weighted by atomic mass is 16.3. The molecule has 1 aromatic heterocycles. The van der Waals surface area contributed by atoms with Crippen molar-refractivity contribution in [2.24, 2.45) is 0 Å². The Morgan fingerprint density at radius 1 is 1.40 bits per heavy atom. The van der Waals surface area contributed by atoms with Gasteiger partial charge in [-0.25, -0.2) is 4.98 Å². The molecule has 0 amide bonds. The van der Waals surface area contributed by atoms with E-state index in [1.807, 2.05) is 6.07 Å². The maximum atomic E-state index is 5.27.